The number of hydrogen-bond donors (Lipinski definition) is 2. The summed E-state index contributed by atoms with van der Waals surface area (Å²) < 4.78 is 26.7. The lowest BCUT2D eigenvalue weighted by Gasteiger charge is -2.09. The molecule has 0 atom stereocenters. The zero-order valence-electron chi connectivity index (χ0n) is 14.1. The quantitative estimate of drug-likeness (QED) is 0.717. The highest BCUT2D eigenvalue weighted by atomic mass is 19.1. The molecule has 4 nitrogen and oxygen atoms in total. The number of rotatable bonds is 5. The molecular weight excluding hydrogens is 336 g/mol. The Morgan fingerprint density at radius 2 is 1.81 bits per heavy atom. The molecule has 0 saturated carbocycles. The molecule has 1 heterocycles. The molecule has 0 aliphatic carbocycles. The van der Waals surface area contributed by atoms with E-state index in [0.29, 0.717) is 17.8 Å². The Hall–Kier alpha value is -3.28. The van der Waals surface area contributed by atoms with Crippen molar-refractivity contribution in [3.63, 3.8) is 0 Å². The number of carbonyl (C=O) groups excluding carboxylic acids is 1. The van der Waals surface area contributed by atoms with E-state index in [2.05, 4.69) is 15.6 Å². The summed E-state index contributed by atoms with van der Waals surface area (Å²) in [6, 6.07) is 12.6. The van der Waals surface area contributed by atoms with Gasteiger partial charge in [0.25, 0.3) is 5.91 Å². The third-order valence-corrected chi connectivity index (χ3v) is 3.78. The van der Waals surface area contributed by atoms with Crippen molar-refractivity contribution in [1.29, 1.82) is 0 Å². The summed E-state index contributed by atoms with van der Waals surface area (Å²) in [5, 5.41) is 5.60. The fourth-order valence-corrected chi connectivity index (χ4v) is 2.37. The van der Waals surface area contributed by atoms with Crippen LogP contribution in [0.4, 0.5) is 20.2 Å². The predicted octanol–water partition coefficient (Wildman–Crippen LogP) is 4.34. The summed E-state index contributed by atoms with van der Waals surface area (Å²) in [4.78, 5) is 16.3. The van der Waals surface area contributed by atoms with Crippen LogP contribution in [-0.2, 0) is 6.54 Å². The minimum absolute atomic E-state index is 0.102. The number of carbonyl (C=O) groups is 1. The number of hydrogen-bond acceptors (Lipinski definition) is 3. The van der Waals surface area contributed by atoms with E-state index in [1.165, 1.54) is 18.5 Å². The maximum atomic E-state index is 13.7. The number of nitrogens with zero attached hydrogens (tertiary/aromatic N) is 1. The first kappa shape index (κ1) is 17.5. The van der Waals surface area contributed by atoms with Crippen LogP contribution in [-0.4, -0.2) is 10.9 Å². The molecule has 2 N–H and O–H groups in total. The van der Waals surface area contributed by atoms with Gasteiger partial charge in [0.05, 0.1) is 23.1 Å². The van der Waals surface area contributed by atoms with Crippen molar-refractivity contribution >= 4 is 17.3 Å². The Bertz CT molecular complexity index is 927. The van der Waals surface area contributed by atoms with Gasteiger partial charge in [-0.15, -0.1) is 0 Å². The smallest absolute Gasteiger partial charge is 0.253 e. The van der Waals surface area contributed by atoms with Gasteiger partial charge in [-0.3, -0.25) is 9.78 Å². The molecule has 3 rings (SSSR count). The average molecular weight is 353 g/mol. The van der Waals surface area contributed by atoms with Gasteiger partial charge in [-0.25, -0.2) is 8.78 Å². The largest absolute Gasteiger partial charge is 0.352 e. The minimum atomic E-state index is -0.723. The van der Waals surface area contributed by atoms with Gasteiger partial charge in [0.15, 0.2) is 0 Å². The van der Waals surface area contributed by atoms with Gasteiger partial charge in [0, 0.05) is 18.8 Å². The van der Waals surface area contributed by atoms with Crippen LogP contribution < -0.4 is 10.6 Å². The van der Waals surface area contributed by atoms with E-state index < -0.39 is 11.6 Å². The Labute approximate surface area is 149 Å². The zero-order valence-corrected chi connectivity index (χ0v) is 14.1. The lowest BCUT2D eigenvalue weighted by Crippen LogP contribution is -2.23. The van der Waals surface area contributed by atoms with Crippen LogP contribution in [0.2, 0.25) is 0 Å². The normalized spacial score (nSPS) is 10.4. The molecule has 26 heavy (non-hydrogen) atoms. The van der Waals surface area contributed by atoms with Crippen LogP contribution in [0.15, 0.2) is 60.9 Å². The summed E-state index contributed by atoms with van der Waals surface area (Å²) in [5.74, 6) is -1.67. The van der Waals surface area contributed by atoms with Crippen molar-refractivity contribution in [2.75, 3.05) is 5.32 Å². The average Bonchev–Trinajstić information content (AvgIpc) is 2.63. The van der Waals surface area contributed by atoms with E-state index in [4.69, 9.17) is 0 Å². The highest BCUT2D eigenvalue weighted by Crippen LogP contribution is 2.20. The molecule has 1 amide bonds. The van der Waals surface area contributed by atoms with E-state index in [-0.39, 0.29) is 11.6 Å². The lowest BCUT2D eigenvalue weighted by atomic mass is 10.1. The van der Waals surface area contributed by atoms with Crippen molar-refractivity contribution < 1.29 is 13.6 Å². The summed E-state index contributed by atoms with van der Waals surface area (Å²) >= 11 is 0. The van der Waals surface area contributed by atoms with Gasteiger partial charge in [-0.1, -0.05) is 29.8 Å². The van der Waals surface area contributed by atoms with E-state index in [1.54, 1.807) is 6.07 Å². The Kier molecular flexibility index (Phi) is 5.22. The lowest BCUT2D eigenvalue weighted by molar-refractivity contribution is 0.0950. The Morgan fingerprint density at radius 3 is 2.54 bits per heavy atom. The number of anilines is 2. The van der Waals surface area contributed by atoms with Crippen molar-refractivity contribution in [1.82, 2.24) is 10.3 Å². The summed E-state index contributed by atoms with van der Waals surface area (Å²) in [7, 11) is 0. The molecule has 1 aromatic heterocycles. The third-order valence-electron chi connectivity index (χ3n) is 3.78. The first-order valence-electron chi connectivity index (χ1n) is 8.02. The number of halogens is 2. The van der Waals surface area contributed by atoms with Gasteiger partial charge in [-0.2, -0.15) is 0 Å². The van der Waals surface area contributed by atoms with Crippen LogP contribution >= 0.6 is 0 Å². The van der Waals surface area contributed by atoms with Crippen LogP contribution in [0, 0.1) is 18.6 Å². The van der Waals surface area contributed by atoms with Gasteiger partial charge in [-0.05, 0) is 30.7 Å². The SMILES string of the molecule is Cc1ccc(CNC(=O)c2cncc(Nc3ccc(F)cc3F)c2)cc1. The zero-order chi connectivity index (χ0) is 18.5. The number of aryl methyl sites for hydroxylation is 1. The number of pyridine rings is 1. The number of amides is 1. The standard InChI is InChI=1S/C20H17F2N3O/c1-13-2-4-14(5-3-13)10-24-20(26)15-8-17(12-23-11-15)25-19-7-6-16(21)9-18(19)22/h2-9,11-12,25H,10H2,1H3,(H,24,26). The first-order chi connectivity index (χ1) is 12.5. The molecule has 0 aliphatic heterocycles. The number of nitrogens with one attached hydrogen (secondary N) is 2. The predicted molar refractivity (Wildman–Crippen MR) is 96.2 cm³/mol. The molecule has 3 aromatic rings. The minimum Gasteiger partial charge on any atom is -0.352 e. The summed E-state index contributed by atoms with van der Waals surface area (Å²) in [5.41, 5.74) is 3.00. The molecular formula is C20H17F2N3O. The van der Waals surface area contributed by atoms with E-state index in [0.717, 1.165) is 23.3 Å². The second-order valence-electron chi connectivity index (χ2n) is 5.88. The second-order valence-corrected chi connectivity index (χ2v) is 5.88. The highest BCUT2D eigenvalue weighted by Gasteiger charge is 2.09. The van der Waals surface area contributed by atoms with Crippen molar-refractivity contribution in [2.45, 2.75) is 13.5 Å². The molecule has 0 aliphatic rings. The van der Waals surface area contributed by atoms with Gasteiger partial charge in [0.2, 0.25) is 0 Å². The second kappa shape index (κ2) is 7.74. The highest BCUT2D eigenvalue weighted by molar-refractivity contribution is 5.94. The molecule has 132 valence electrons. The monoisotopic (exact) mass is 353 g/mol. The van der Waals surface area contributed by atoms with Crippen LogP contribution in [0.5, 0.6) is 0 Å². The van der Waals surface area contributed by atoms with Crippen LogP contribution in [0.25, 0.3) is 0 Å². The topological polar surface area (TPSA) is 54.0 Å². The molecule has 0 unspecified atom stereocenters. The molecule has 0 bridgehead atoms. The summed E-state index contributed by atoms with van der Waals surface area (Å²) in [6.45, 7) is 2.39. The van der Waals surface area contributed by atoms with Crippen molar-refractivity contribution in [3.05, 3.63) is 89.2 Å². The van der Waals surface area contributed by atoms with Crippen molar-refractivity contribution in [2.24, 2.45) is 0 Å². The fraction of sp³-hybridized carbons (Fsp3) is 0.100. The summed E-state index contributed by atoms with van der Waals surface area (Å²) in [6.07, 6.45) is 2.89. The number of benzene rings is 2. The molecule has 0 saturated heterocycles. The van der Waals surface area contributed by atoms with Gasteiger partial charge >= 0.3 is 0 Å². The van der Waals surface area contributed by atoms with Gasteiger partial charge in [0.1, 0.15) is 11.6 Å². The van der Waals surface area contributed by atoms with Gasteiger partial charge < -0.3 is 10.6 Å². The Morgan fingerprint density at radius 1 is 1.04 bits per heavy atom. The maximum Gasteiger partial charge on any atom is 0.253 e. The van der Waals surface area contributed by atoms with E-state index >= 15 is 0 Å². The molecule has 0 fully saturated rings. The number of aromatic nitrogens is 1. The maximum absolute atomic E-state index is 13.7. The van der Waals surface area contributed by atoms with Crippen LogP contribution in [0.1, 0.15) is 21.5 Å². The van der Waals surface area contributed by atoms with Crippen LogP contribution in [0.3, 0.4) is 0 Å². The Balaban J connectivity index is 1.68. The molecule has 0 spiro atoms. The van der Waals surface area contributed by atoms with E-state index in [1.807, 2.05) is 31.2 Å². The first-order valence-corrected chi connectivity index (χ1v) is 8.02. The molecule has 6 heteroatoms. The third kappa shape index (κ3) is 4.42. The van der Waals surface area contributed by atoms with E-state index in [9.17, 15) is 13.6 Å². The van der Waals surface area contributed by atoms with Crippen molar-refractivity contribution in [3.8, 4) is 0 Å². The molecule has 0 radical (unpaired) electrons. The molecule has 2 aromatic carbocycles. The fourth-order valence-electron chi connectivity index (χ4n) is 2.37.